The van der Waals surface area contributed by atoms with E-state index >= 15 is 0 Å². The number of carboxylic acid groups (broad SMARTS) is 1. The Labute approximate surface area is 169 Å². The van der Waals surface area contributed by atoms with E-state index in [1.807, 2.05) is 5.32 Å². The number of ether oxygens (including phenoxy) is 1. The van der Waals surface area contributed by atoms with E-state index in [0.717, 1.165) is 12.1 Å². The Morgan fingerprint density at radius 2 is 1.70 bits per heavy atom. The van der Waals surface area contributed by atoms with E-state index in [-0.39, 0.29) is 17.9 Å². The maximum absolute atomic E-state index is 13.8. The van der Waals surface area contributed by atoms with Crippen molar-refractivity contribution in [1.82, 2.24) is 5.32 Å². The lowest BCUT2D eigenvalue weighted by atomic mass is 9.97. The second-order valence-electron chi connectivity index (χ2n) is 6.31. The molecule has 9 nitrogen and oxygen atoms in total. The monoisotopic (exact) mass is 424 g/mol. The predicted molar refractivity (Wildman–Crippen MR) is 98.9 cm³/mol. The number of carboxylic acids is 1. The number of benzene rings is 2. The third-order valence-electron chi connectivity index (χ3n) is 4.16. The van der Waals surface area contributed by atoms with Crippen molar-refractivity contribution in [3.8, 4) is 0 Å². The number of nitro benzene ring substituents is 1. The largest absolute Gasteiger partial charge is 0.477 e. The van der Waals surface area contributed by atoms with Crippen molar-refractivity contribution in [2.75, 3.05) is 0 Å². The molecule has 3 N–H and O–H groups in total. The number of aliphatic hydroxyl groups is 1. The van der Waals surface area contributed by atoms with Crippen molar-refractivity contribution in [3.63, 3.8) is 0 Å². The number of hydrogen-bond acceptors (Lipinski definition) is 6. The molecule has 2 rings (SSSR count). The summed E-state index contributed by atoms with van der Waals surface area (Å²) in [6.45, 7) is -0.178. The first-order chi connectivity index (χ1) is 14.1. The van der Waals surface area contributed by atoms with Crippen LogP contribution in [0.3, 0.4) is 0 Å². The van der Waals surface area contributed by atoms with Crippen molar-refractivity contribution in [3.05, 3.63) is 75.8 Å². The molecular weight excluding hydrogens is 406 g/mol. The number of aliphatic hydroxyl groups excluding tert-OH is 1. The molecule has 0 fully saturated rings. The molecule has 11 heteroatoms. The molecule has 0 radical (unpaired) electrons. The topological polar surface area (TPSA) is 139 Å². The summed E-state index contributed by atoms with van der Waals surface area (Å²) >= 11 is 0. The van der Waals surface area contributed by atoms with E-state index in [0.29, 0.717) is 5.56 Å². The van der Waals surface area contributed by atoms with Crippen LogP contribution in [0.2, 0.25) is 0 Å². The van der Waals surface area contributed by atoms with Gasteiger partial charge in [0.15, 0.2) is 0 Å². The van der Waals surface area contributed by atoms with Gasteiger partial charge in [0.05, 0.1) is 11.0 Å². The molecule has 30 heavy (non-hydrogen) atoms. The summed E-state index contributed by atoms with van der Waals surface area (Å²) in [4.78, 5) is 32.9. The third kappa shape index (κ3) is 5.95. The lowest BCUT2D eigenvalue weighted by molar-refractivity contribution is -0.384. The van der Waals surface area contributed by atoms with Crippen molar-refractivity contribution >= 4 is 17.7 Å². The predicted octanol–water partition coefficient (Wildman–Crippen LogP) is 2.51. The molecule has 0 saturated heterocycles. The number of nitrogens with zero attached hydrogens (tertiary/aromatic N) is 1. The second kappa shape index (κ2) is 9.74. The number of hydrogen-bond donors (Lipinski definition) is 3. The average molecular weight is 424 g/mol. The van der Waals surface area contributed by atoms with Crippen LogP contribution in [0.1, 0.15) is 11.1 Å². The van der Waals surface area contributed by atoms with Crippen LogP contribution >= 0.6 is 0 Å². The molecule has 0 aromatic heterocycles. The smallest absolute Gasteiger partial charge is 0.407 e. The minimum absolute atomic E-state index is 0.178. The first-order valence-corrected chi connectivity index (χ1v) is 8.61. The lowest BCUT2D eigenvalue weighted by Crippen LogP contribution is -2.55. The Morgan fingerprint density at radius 3 is 2.23 bits per heavy atom. The van der Waals surface area contributed by atoms with Gasteiger partial charge in [-0.3, -0.25) is 10.1 Å². The normalized spacial score (nSPS) is 13.2. The highest BCUT2D eigenvalue weighted by molar-refractivity contribution is 5.76. The van der Waals surface area contributed by atoms with Crippen molar-refractivity contribution in [2.24, 2.45) is 0 Å². The van der Waals surface area contributed by atoms with Gasteiger partial charge in [0.2, 0.25) is 0 Å². The number of amides is 1. The lowest BCUT2D eigenvalue weighted by Gasteiger charge is -2.27. The molecule has 2 unspecified atom stereocenters. The van der Waals surface area contributed by atoms with Crippen LogP contribution in [-0.4, -0.2) is 45.3 Å². The molecule has 160 valence electrons. The summed E-state index contributed by atoms with van der Waals surface area (Å²) in [5.41, 5.74) is 0.618. The van der Waals surface area contributed by atoms with E-state index in [1.165, 1.54) is 12.1 Å². The van der Waals surface area contributed by atoms with Gasteiger partial charge in [-0.2, -0.15) is 8.78 Å². The summed E-state index contributed by atoms with van der Waals surface area (Å²) in [7, 11) is 0. The zero-order valence-electron chi connectivity index (χ0n) is 15.4. The number of non-ortho nitro benzene ring substituents is 1. The van der Waals surface area contributed by atoms with Gasteiger partial charge in [0.1, 0.15) is 12.7 Å². The number of aliphatic carboxylic acids is 1. The molecule has 0 bridgehead atoms. The summed E-state index contributed by atoms with van der Waals surface area (Å²) in [5, 5.41) is 31.4. The van der Waals surface area contributed by atoms with Crippen LogP contribution in [-0.2, 0) is 22.6 Å². The van der Waals surface area contributed by atoms with E-state index in [9.17, 15) is 33.6 Å². The Bertz CT molecular complexity index is 892. The van der Waals surface area contributed by atoms with E-state index in [4.69, 9.17) is 9.84 Å². The standard InChI is InChI=1S/C19H18F2N2O7/c20-19(21,17(25)26)16(24)15(10-12-6-8-14(9-7-12)23(28)29)22-18(27)30-11-13-4-2-1-3-5-13/h1-9,15-16,24H,10-11H2,(H,22,27)(H,25,26). The summed E-state index contributed by atoms with van der Waals surface area (Å²) < 4.78 is 32.6. The number of rotatable bonds is 9. The Balaban J connectivity index is 2.14. The molecule has 0 heterocycles. The maximum atomic E-state index is 13.8. The van der Waals surface area contributed by atoms with Gasteiger partial charge in [-0.05, 0) is 17.5 Å². The fourth-order valence-corrected chi connectivity index (χ4v) is 2.54. The number of carbonyl (C=O) groups excluding carboxylic acids is 1. The van der Waals surface area contributed by atoms with Crippen LogP contribution in [0.25, 0.3) is 0 Å². The fraction of sp³-hybridized carbons (Fsp3) is 0.263. The Morgan fingerprint density at radius 1 is 1.10 bits per heavy atom. The first kappa shape index (κ1) is 22.7. The van der Waals surface area contributed by atoms with Gasteiger partial charge in [-0.15, -0.1) is 0 Å². The molecule has 2 atom stereocenters. The van der Waals surface area contributed by atoms with Crippen LogP contribution in [0, 0.1) is 10.1 Å². The minimum atomic E-state index is -4.56. The Hall–Kier alpha value is -3.60. The summed E-state index contributed by atoms with van der Waals surface area (Å²) in [6, 6.07) is 11.4. The molecule has 1 amide bonds. The highest BCUT2D eigenvalue weighted by Crippen LogP contribution is 2.24. The van der Waals surface area contributed by atoms with E-state index in [2.05, 4.69) is 0 Å². The SMILES string of the molecule is O=C(NC(Cc1ccc([N+](=O)[O-])cc1)C(O)C(F)(F)C(=O)O)OCc1ccccc1. The molecule has 0 aliphatic heterocycles. The third-order valence-corrected chi connectivity index (χ3v) is 4.16. The van der Waals surface area contributed by atoms with Crippen LogP contribution < -0.4 is 5.32 Å². The highest BCUT2D eigenvalue weighted by Gasteiger charge is 2.51. The maximum Gasteiger partial charge on any atom is 0.407 e. The molecule has 0 aliphatic carbocycles. The van der Waals surface area contributed by atoms with Crippen LogP contribution in [0.4, 0.5) is 19.3 Å². The molecule has 0 saturated carbocycles. The summed E-state index contributed by atoms with van der Waals surface area (Å²) in [6.07, 6.45) is -4.36. The zero-order chi connectivity index (χ0) is 22.3. The number of nitro groups is 1. The van der Waals surface area contributed by atoms with Gasteiger partial charge < -0.3 is 20.3 Å². The molecular formula is C19H18F2N2O7. The van der Waals surface area contributed by atoms with Crippen molar-refractivity contribution in [1.29, 1.82) is 0 Å². The van der Waals surface area contributed by atoms with Gasteiger partial charge in [0.25, 0.3) is 5.69 Å². The van der Waals surface area contributed by atoms with Crippen LogP contribution in [0.15, 0.2) is 54.6 Å². The first-order valence-electron chi connectivity index (χ1n) is 8.61. The molecule has 0 spiro atoms. The van der Waals surface area contributed by atoms with Crippen molar-refractivity contribution < 1.29 is 38.2 Å². The van der Waals surface area contributed by atoms with E-state index < -0.39 is 41.5 Å². The van der Waals surface area contributed by atoms with E-state index in [1.54, 1.807) is 30.3 Å². The van der Waals surface area contributed by atoms with Gasteiger partial charge in [-0.1, -0.05) is 42.5 Å². The molecule has 0 aliphatic rings. The Kier molecular flexibility index (Phi) is 7.37. The number of alkyl halides is 2. The zero-order valence-corrected chi connectivity index (χ0v) is 15.4. The minimum Gasteiger partial charge on any atom is -0.477 e. The second-order valence-corrected chi connectivity index (χ2v) is 6.31. The molecule has 2 aromatic rings. The van der Waals surface area contributed by atoms with Crippen LogP contribution in [0.5, 0.6) is 0 Å². The fourth-order valence-electron chi connectivity index (χ4n) is 2.54. The number of carbonyl (C=O) groups is 2. The quantitative estimate of drug-likeness (QED) is 0.415. The van der Waals surface area contributed by atoms with Crippen molar-refractivity contribution in [2.45, 2.75) is 31.1 Å². The molecule has 2 aromatic carbocycles. The number of halogens is 2. The number of nitrogens with one attached hydrogen (secondary N) is 1. The summed E-state index contributed by atoms with van der Waals surface area (Å²) in [5.74, 6) is -7.12. The average Bonchev–Trinajstić information content (AvgIpc) is 2.72. The van der Waals surface area contributed by atoms with Gasteiger partial charge in [-0.25, -0.2) is 9.59 Å². The number of alkyl carbamates (subject to hydrolysis) is 1. The highest BCUT2D eigenvalue weighted by atomic mass is 19.3. The van der Waals surface area contributed by atoms with Gasteiger partial charge >= 0.3 is 18.0 Å². The van der Waals surface area contributed by atoms with Gasteiger partial charge in [0, 0.05) is 12.1 Å².